The second kappa shape index (κ2) is 11.2. The minimum atomic E-state index is -1.11. The minimum absolute atomic E-state index is 0.0708. The molecule has 1 fully saturated rings. The molecule has 0 spiro atoms. The van der Waals surface area contributed by atoms with Gasteiger partial charge in [-0.3, -0.25) is 4.79 Å². The number of rotatable bonds is 9. The molecule has 0 unspecified atom stereocenters. The Labute approximate surface area is 221 Å². The van der Waals surface area contributed by atoms with Gasteiger partial charge in [0, 0.05) is 18.5 Å². The van der Waals surface area contributed by atoms with Crippen LogP contribution in [0.25, 0.3) is 0 Å². The largest absolute Gasteiger partial charge is 0.493 e. The highest BCUT2D eigenvalue weighted by Gasteiger charge is 2.42. The Kier molecular flexibility index (Phi) is 7.62. The van der Waals surface area contributed by atoms with Crippen molar-refractivity contribution in [2.75, 3.05) is 7.11 Å². The molecule has 38 heavy (non-hydrogen) atoms. The number of carboxylic acids is 1. The van der Waals surface area contributed by atoms with Gasteiger partial charge in [0.1, 0.15) is 12.6 Å². The van der Waals surface area contributed by atoms with Crippen LogP contribution in [0.2, 0.25) is 0 Å². The molecule has 1 aliphatic heterocycles. The lowest BCUT2D eigenvalue weighted by Gasteiger charge is -2.39. The summed E-state index contributed by atoms with van der Waals surface area (Å²) in [6.07, 6.45) is -0.704. The number of methoxy groups -OCH3 is 1. The van der Waals surface area contributed by atoms with Crippen LogP contribution in [0.3, 0.4) is 0 Å². The van der Waals surface area contributed by atoms with Crippen LogP contribution in [-0.2, 0) is 33.9 Å². The van der Waals surface area contributed by atoms with E-state index in [2.05, 4.69) is 0 Å². The molecule has 2 atom stereocenters. The molecule has 0 bridgehead atoms. The van der Waals surface area contributed by atoms with Crippen LogP contribution in [0.15, 0.2) is 72.8 Å². The SMILES string of the molecule is COc1ccc2c(c1OCc1ccccc1)C[C@H](C(=O)O)N(C(=O)[C@@H](OC1CC(O)C1)c1ccccc1)C2. The van der Waals surface area contributed by atoms with Crippen molar-refractivity contribution < 1.29 is 34.0 Å². The van der Waals surface area contributed by atoms with Crippen molar-refractivity contribution >= 4 is 11.9 Å². The maximum atomic E-state index is 13.9. The van der Waals surface area contributed by atoms with Crippen molar-refractivity contribution in [3.05, 3.63) is 95.1 Å². The quantitative estimate of drug-likeness (QED) is 0.444. The number of fused-ring (bicyclic) bond motifs is 1. The number of aliphatic hydroxyl groups excluding tert-OH is 1. The van der Waals surface area contributed by atoms with Crippen LogP contribution in [0, 0.1) is 0 Å². The van der Waals surface area contributed by atoms with Crippen molar-refractivity contribution in [1.82, 2.24) is 4.90 Å². The van der Waals surface area contributed by atoms with Gasteiger partial charge in [-0.15, -0.1) is 0 Å². The number of carboxylic acid groups (broad SMARTS) is 1. The first-order valence-corrected chi connectivity index (χ1v) is 12.7. The van der Waals surface area contributed by atoms with E-state index in [1.165, 1.54) is 4.90 Å². The number of nitrogens with zero attached hydrogens (tertiary/aromatic N) is 1. The summed E-state index contributed by atoms with van der Waals surface area (Å²) in [6, 6.07) is 21.3. The topological polar surface area (TPSA) is 106 Å². The van der Waals surface area contributed by atoms with E-state index < -0.39 is 30.1 Å². The number of hydrogen-bond donors (Lipinski definition) is 2. The molecule has 0 aromatic heterocycles. The standard InChI is InChI=1S/C30H31NO7/c1-36-26-13-12-21-17-31(29(33)27(20-10-6-3-7-11-20)38-23-14-22(32)15-23)25(30(34)35)16-24(21)28(26)37-18-19-8-4-2-5-9-19/h2-13,22-23,25,27,32H,14-18H2,1H3,(H,34,35)/t22?,23?,25-,27+/m1/s1. The van der Waals surface area contributed by atoms with Crippen LogP contribution in [-0.4, -0.2) is 52.3 Å². The summed E-state index contributed by atoms with van der Waals surface area (Å²) in [5, 5.41) is 19.9. The molecule has 3 aromatic carbocycles. The van der Waals surface area contributed by atoms with Crippen LogP contribution >= 0.6 is 0 Å². The summed E-state index contributed by atoms with van der Waals surface area (Å²) in [4.78, 5) is 27.8. The first-order valence-electron chi connectivity index (χ1n) is 12.7. The van der Waals surface area contributed by atoms with Crippen LogP contribution < -0.4 is 9.47 Å². The van der Waals surface area contributed by atoms with Gasteiger partial charge in [0.2, 0.25) is 0 Å². The normalized spacial score (nSPS) is 21.1. The Morgan fingerprint density at radius 1 is 1.00 bits per heavy atom. The number of aliphatic carboxylic acids is 1. The summed E-state index contributed by atoms with van der Waals surface area (Å²) in [5.41, 5.74) is 3.13. The molecule has 1 saturated carbocycles. The molecule has 3 aromatic rings. The van der Waals surface area contributed by atoms with Gasteiger partial charge in [0.05, 0.1) is 19.3 Å². The highest BCUT2D eigenvalue weighted by atomic mass is 16.5. The summed E-state index contributed by atoms with van der Waals surface area (Å²) in [7, 11) is 1.55. The van der Waals surface area contributed by atoms with Crippen molar-refractivity contribution in [2.24, 2.45) is 0 Å². The predicted molar refractivity (Wildman–Crippen MR) is 139 cm³/mol. The lowest BCUT2D eigenvalue weighted by Crippen LogP contribution is -2.51. The van der Waals surface area contributed by atoms with E-state index in [0.717, 1.165) is 16.7 Å². The van der Waals surface area contributed by atoms with Gasteiger partial charge in [-0.2, -0.15) is 0 Å². The number of ether oxygens (including phenoxy) is 3. The molecule has 0 saturated heterocycles. The van der Waals surface area contributed by atoms with E-state index in [9.17, 15) is 19.8 Å². The van der Waals surface area contributed by atoms with Gasteiger partial charge in [0.25, 0.3) is 5.91 Å². The minimum Gasteiger partial charge on any atom is -0.493 e. The Hall–Kier alpha value is -3.88. The summed E-state index contributed by atoms with van der Waals surface area (Å²) in [6.45, 7) is 0.391. The molecule has 0 radical (unpaired) electrons. The van der Waals surface area contributed by atoms with Gasteiger partial charge < -0.3 is 29.3 Å². The zero-order valence-corrected chi connectivity index (χ0v) is 21.2. The van der Waals surface area contributed by atoms with Gasteiger partial charge in [-0.1, -0.05) is 66.7 Å². The molecule has 2 N–H and O–H groups in total. The zero-order chi connectivity index (χ0) is 26.6. The Morgan fingerprint density at radius 2 is 1.68 bits per heavy atom. The number of carbonyl (C=O) groups excluding carboxylic acids is 1. The molecule has 5 rings (SSSR count). The lowest BCUT2D eigenvalue weighted by molar-refractivity contribution is -0.167. The van der Waals surface area contributed by atoms with Gasteiger partial charge in [0.15, 0.2) is 17.6 Å². The lowest BCUT2D eigenvalue weighted by atomic mass is 9.90. The second-order valence-corrected chi connectivity index (χ2v) is 9.71. The van der Waals surface area contributed by atoms with Gasteiger partial charge in [-0.25, -0.2) is 4.79 Å². The van der Waals surface area contributed by atoms with Crippen molar-refractivity contribution in [3.63, 3.8) is 0 Å². The van der Waals surface area contributed by atoms with Crippen LogP contribution in [0.1, 0.15) is 41.2 Å². The van der Waals surface area contributed by atoms with E-state index in [1.54, 1.807) is 25.3 Å². The van der Waals surface area contributed by atoms with E-state index >= 15 is 0 Å². The van der Waals surface area contributed by atoms with E-state index in [0.29, 0.717) is 36.5 Å². The zero-order valence-electron chi connectivity index (χ0n) is 21.2. The second-order valence-electron chi connectivity index (χ2n) is 9.71. The summed E-state index contributed by atoms with van der Waals surface area (Å²) >= 11 is 0. The third-order valence-corrected chi connectivity index (χ3v) is 7.17. The average molecular weight is 518 g/mol. The number of carbonyl (C=O) groups is 2. The fourth-order valence-corrected chi connectivity index (χ4v) is 5.02. The number of amides is 1. The number of benzene rings is 3. The first kappa shape index (κ1) is 25.8. The fourth-order valence-electron chi connectivity index (χ4n) is 5.02. The van der Waals surface area contributed by atoms with E-state index in [1.807, 2.05) is 54.6 Å². The maximum Gasteiger partial charge on any atom is 0.326 e. The average Bonchev–Trinajstić information content (AvgIpc) is 2.93. The van der Waals surface area contributed by atoms with Crippen molar-refractivity contribution in [3.8, 4) is 11.5 Å². The summed E-state index contributed by atoms with van der Waals surface area (Å²) in [5.74, 6) is -0.519. The summed E-state index contributed by atoms with van der Waals surface area (Å²) < 4.78 is 17.8. The van der Waals surface area contributed by atoms with Gasteiger partial charge in [-0.05, 0) is 35.6 Å². The fraction of sp³-hybridized carbons (Fsp3) is 0.333. The smallest absolute Gasteiger partial charge is 0.326 e. The number of hydrogen-bond acceptors (Lipinski definition) is 6. The molecule has 1 aliphatic carbocycles. The molecule has 8 nitrogen and oxygen atoms in total. The first-order chi connectivity index (χ1) is 18.4. The van der Waals surface area contributed by atoms with Crippen LogP contribution in [0.4, 0.5) is 0 Å². The maximum absolute atomic E-state index is 13.9. The third-order valence-electron chi connectivity index (χ3n) is 7.17. The Balaban J connectivity index is 1.45. The molecule has 1 heterocycles. The molecule has 8 heteroatoms. The third kappa shape index (κ3) is 5.37. The highest BCUT2D eigenvalue weighted by molar-refractivity contribution is 5.88. The predicted octanol–water partition coefficient (Wildman–Crippen LogP) is 3.89. The van der Waals surface area contributed by atoms with Crippen molar-refractivity contribution in [1.29, 1.82) is 0 Å². The monoisotopic (exact) mass is 517 g/mol. The Morgan fingerprint density at radius 3 is 2.32 bits per heavy atom. The number of aliphatic hydroxyl groups is 1. The van der Waals surface area contributed by atoms with Gasteiger partial charge >= 0.3 is 5.97 Å². The highest BCUT2D eigenvalue weighted by Crippen LogP contribution is 2.40. The van der Waals surface area contributed by atoms with E-state index in [4.69, 9.17) is 14.2 Å². The van der Waals surface area contributed by atoms with E-state index in [-0.39, 0.29) is 19.1 Å². The molecule has 198 valence electrons. The molecule has 2 aliphatic rings. The molecular formula is C30H31NO7. The molecular weight excluding hydrogens is 486 g/mol. The Bertz CT molecular complexity index is 1270. The van der Waals surface area contributed by atoms with Crippen LogP contribution in [0.5, 0.6) is 11.5 Å². The van der Waals surface area contributed by atoms with Crippen molar-refractivity contribution in [2.45, 2.75) is 56.8 Å². The molecule has 1 amide bonds.